The van der Waals surface area contributed by atoms with Gasteiger partial charge in [-0.15, -0.1) is 23.1 Å². The fourth-order valence-electron chi connectivity index (χ4n) is 1.76. The Morgan fingerprint density at radius 3 is 2.84 bits per heavy atom. The Bertz CT molecular complexity index is 520. The van der Waals surface area contributed by atoms with Crippen LogP contribution in [0.15, 0.2) is 33.1 Å². The van der Waals surface area contributed by atoms with Crippen molar-refractivity contribution < 1.29 is 0 Å². The number of pyridine rings is 1. The highest BCUT2D eigenvalue weighted by Gasteiger charge is 2.00. The van der Waals surface area contributed by atoms with E-state index in [2.05, 4.69) is 56.7 Å². The number of aromatic nitrogens is 1. The van der Waals surface area contributed by atoms with Crippen molar-refractivity contribution in [2.75, 3.05) is 12.3 Å². The second-order valence-corrected chi connectivity index (χ2v) is 7.41. The maximum atomic E-state index is 4.52. The normalized spacial score (nSPS) is 10.9. The molecule has 0 saturated heterocycles. The van der Waals surface area contributed by atoms with Gasteiger partial charge in [0.2, 0.25) is 0 Å². The molecule has 0 unspecified atom stereocenters. The van der Waals surface area contributed by atoms with E-state index in [1.165, 1.54) is 14.9 Å². The second-order valence-electron chi connectivity index (χ2n) is 4.38. The summed E-state index contributed by atoms with van der Waals surface area (Å²) in [5, 5.41) is 6.70. The molecule has 2 rings (SSSR count). The molecule has 0 aliphatic heterocycles. The predicted molar refractivity (Wildman–Crippen MR) is 88.2 cm³/mol. The Morgan fingerprint density at radius 1 is 1.32 bits per heavy atom. The second kappa shape index (κ2) is 7.43. The third kappa shape index (κ3) is 5.26. The number of halogens is 1. The molecule has 102 valence electrons. The number of thioether (sulfide) groups is 1. The first-order valence-corrected chi connectivity index (χ1v) is 8.81. The van der Waals surface area contributed by atoms with Gasteiger partial charge in [0.1, 0.15) is 0 Å². The molecule has 19 heavy (non-hydrogen) atoms. The van der Waals surface area contributed by atoms with Crippen LogP contribution in [0.25, 0.3) is 0 Å². The molecule has 1 N–H and O–H groups in total. The summed E-state index contributed by atoms with van der Waals surface area (Å²) in [6.45, 7) is 6.10. The number of rotatable bonds is 6. The lowest BCUT2D eigenvalue weighted by molar-refractivity contribution is 0.740. The summed E-state index contributed by atoms with van der Waals surface area (Å²) in [6.07, 6.45) is 0. The van der Waals surface area contributed by atoms with E-state index in [0.29, 0.717) is 0 Å². The summed E-state index contributed by atoms with van der Waals surface area (Å²) in [4.78, 5) is 5.89. The molecule has 2 aromatic rings. The standard InChI is InChI=1S/C14H17BrN2S2/c1-10-5-11(2)17-14(6-10)18-4-3-16-8-13-7-12(15)9-19-13/h5-7,9,16H,3-4,8H2,1-2H3. The van der Waals surface area contributed by atoms with E-state index in [-0.39, 0.29) is 0 Å². The minimum absolute atomic E-state index is 0.942. The van der Waals surface area contributed by atoms with Crippen LogP contribution < -0.4 is 5.32 Å². The minimum Gasteiger partial charge on any atom is -0.311 e. The third-order valence-electron chi connectivity index (χ3n) is 2.52. The van der Waals surface area contributed by atoms with Gasteiger partial charge < -0.3 is 5.32 Å². The molecule has 5 heteroatoms. The van der Waals surface area contributed by atoms with Crippen molar-refractivity contribution in [2.45, 2.75) is 25.4 Å². The third-order valence-corrected chi connectivity index (χ3v) is 5.13. The number of nitrogens with zero attached hydrogens (tertiary/aromatic N) is 1. The van der Waals surface area contributed by atoms with Crippen molar-refractivity contribution in [3.63, 3.8) is 0 Å². The van der Waals surface area contributed by atoms with Gasteiger partial charge in [0.15, 0.2) is 0 Å². The SMILES string of the molecule is Cc1cc(C)nc(SCCNCc2cc(Br)cs2)c1. The molecule has 0 aliphatic carbocycles. The molecule has 0 aliphatic rings. The highest BCUT2D eigenvalue weighted by Crippen LogP contribution is 2.20. The molecule has 2 heterocycles. The highest BCUT2D eigenvalue weighted by molar-refractivity contribution is 9.10. The van der Waals surface area contributed by atoms with E-state index in [4.69, 9.17) is 0 Å². The molecule has 2 aromatic heterocycles. The van der Waals surface area contributed by atoms with Crippen molar-refractivity contribution in [2.24, 2.45) is 0 Å². The molecule has 0 radical (unpaired) electrons. The van der Waals surface area contributed by atoms with E-state index < -0.39 is 0 Å². The topological polar surface area (TPSA) is 24.9 Å². The van der Waals surface area contributed by atoms with Gasteiger partial charge in [-0.05, 0) is 53.5 Å². The average molecular weight is 357 g/mol. The Balaban J connectivity index is 1.69. The predicted octanol–water partition coefficient (Wildman–Crippen LogP) is 4.40. The molecule has 2 nitrogen and oxygen atoms in total. The Kier molecular flexibility index (Phi) is 5.88. The zero-order valence-corrected chi connectivity index (χ0v) is 14.3. The molecule has 0 bridgehead atoms. The molecular weight excluding hydrogens is 340 g/mol. The molecule has 0 aromatic carbocycles. The first-order chi connectivity index (χ1) is 9.13. The van der Waals surface area contributed by atoms with Crippen molar-refractivity contribution in [1.82, 2.24) is 10.3 Å². The molecule has 0 fully saturated rings. The molecule has 0 amide bonds. The number of thiophene rings is 1. The monoisotopic (exact) mass is 356 g/mol. The number of hydrogen-bond acceptors (Lipinski definition) is 4. The summed E-state index contributed by atoms with van der Waals surface area (Å²) in [5.41, 5.74) is 2.38. The van der Waals surface area contributed by atoms with Crippen LogP contribution >= 0.6 is 39.0 Å². The van der Waals surface area contributed by atoms with Gasteiger partial charge in [-0.3, -0.25) is 0 Å². The van der Waals surface area contributed by atoms with Crippen molar-refractivity contribution >= 4 is 39.0 Å². The fourth-order valence-corrected chi connectivity index (χ4v) is 4.12. The number of hydrogen-bond donors (Lipinski definition) is 1. The van der Waals surface area contributed by atoms with Crippen LogP contribution in [0, 0.1) is 13.8 Å². The lowest BCUT2D eigenvalue weighted by atomic mass is 10.3. The maximum Gasteiger partial charge on any atom is 0.0966 e. The molecule has 0 atom stereocenters. The van der Waals surface area contributed by atoms with Gasteiger partial charge >= 0.3 is 0 Å². The van der Waals surface area contributed by atoms with Crippen LogP contribution in [-0.4, -0.2) is 17.3 Å². The van der Waals surface area contributed by atoms with E-state index in [9.17, 15) is 0 Å². The summed E-state index contributed by atoms with van der Waals surface area (Å²) in [7, 11) is 0. The van der Waals surface area contributed by atoms with Crippen molar-refractivity contribution in [1.29, 1.82) is 0 Å². The zero-order chi connectivity index (χ0) is 13.7. The Morgan fingerprint density at radius 2 is 2.16 bits per heavy atom. The van der Waals surface area contributed by atoms with E-state index in [1.54, 1.807) is 11.3 Å². The molecule has 0 spiro atoms. The number of nitrogens with one attached hydrogen (secondary N) is 1. The van der Waals surface area contributed by atoms with Gasteiger partial charge in [-0.25, -0.2) is 4.98 Å². The van der Waals surface area contributed by atoms with E-state index in [1.807, 2.05) is 18.7 Å². The Hall–Kier alpha value is -0.360. The zero-order valence-electron chi connectivity index (χ0n) is 11.1. The lowest BCUT2D eigenvalue weighted by Crippen LogP contribution is -2.15. The summed E-state index contributed by atoms with van der Waals surface area (Å²) in [5.74, 6) is 1.04. The van der Waals surface area contributed by atoms with Crippen molar-refractivity contribution in [3.8, 4) is 0 Å². The fraction of sp³-hybridized carbons (Fsp3) is 0.357. The Labute approximate surface area is 131 Å². The maximum absolute atomic E-state index is 4.52. The van der Waals surface area contributed by atoms with Gasteiger partial charge in [0.25, 0.3) is 0 Å². The van der Waals surface area contributed by atoms with Gasteiger partial charge in [0.05, 0.1) is 5.03 Å². The van der Waals surface area contributed by atoms with E-state index >= 15 is 0 Å². The van der Waals surface area contributed by atoms with E-state index in [0.717, 1.165) is 29.6 Å². The molecule has 0 saturated carbocycles. The first-order valence-electron chi connectivity index (χ1n) is 6.15. The summed E-state index contributed by atoms with van der Waals surface area (Å²) >= 11 is 7.06. The average Bonchev–Trinajstić information content (AvgIpc) is 2.73. The van der Waals surface area contributed by atoms with Crippen LogP contribution in [0.5, 0.6) is 0 Å². The van der Waals surface area contributed by atoms with Crippen LogP contribution in [0.1, 0.15) is 16.1 Å². The molecular formula is C14H17BrN2S2. The van der Waals surface area contributed by atoms with Crippen LogP contribution in [0.3, 0.4) is 0 Å². The largest absolute Gasteiger partial charge is 0.311 e. The van der Waals surface area contributed by atoms with Crippen molar-refractivity contribution in [3.05, 3.63) is 44.2 Å². The first kappa shape index (κ1) is 15.0. The van der Waals surface area contributed by atoms with Crippen LogP contribution in [0.2, 0.25) is 0 Å². The minimum atomic E-state index is 0.942. The van der Waals surface area contributed by atoms with Gasteiger partial charge in [-0.2, -0.15) is 0 Å². The quantitative estimate of drug-likeness (QED) is 0.613. The highest BCUT2D eigenvalue weighted by atomic mass is 79.9. The van der Waals surface area contributed by atoms with Gasteiger partial charge in [0, 0.05) is 39.3 Å². The smallest absolute Gasteiger partial charge is 0.0966 e. The number of aryl methyl sites for hydroxylation is 2. The summed E-state index contributed by atoms with van der Waals surface area (Å²) < 4.78 is 1.17. The lowest BCUT2D eigenvalue weighted by Gasteiger charge is -2.05. The van der Waals surface area contributed by atoms with Crippen LogP contribution in [0.4, 0.5) is 0 Å². The summed E-state index contributed by atoms with van der Waals surface area (Å²) in [6, 6.07) is 6.42. The van der Waals surface area contributed by atoms with Gasteiger partial charge in [-0.1, -0.05) is 0 Å². The van der Waals surface area contributed by atoms with Crippen LogP contribution in [-0.2, 0) is 6.54 Å².